The maximum atomic E-state index is 12.0. The van der Waals surface area contributed by atoms with Gasteiger partial charge in [0.2, 0.25) is 0 Å². The van der Waals surface area contributed by atoms with Crippen LogP contribution in [0.1, 0.15) is 35.3 Å². The fraction of sp³-hybridized carbons (Fsp3) is 0.176. The van der Waals surface area contributed by atoms with Crippen LogP contribution in [0.5, 0.6) is 0 Å². The second kappa shape index (κ2) is 7.04. The lowest BCUT2D eigenvalue weighted by Gasteiger charge is -2.04. The zero-order valence-corrected chi connectivity index (χ0v) is 12.8. The van der Waals surface area contributed by atoms with Gasteiger partial charge >= 0.3 is 0 Å². The summed E-state index contributed by atoms with van der Waals surface area (Å²) in [6, 6.07) is 14.9. The molecule has 0 aliphatic heterocycles. The average molecular weight is 301 g/mol. The molecule has 2 rings (SSSR count). The van der Waals surface area contributed by atoms with Crippen molar-refractivity contribution in [3.05, 3.63) is 70.2 Å². The highest BCUT2D eigenvalue weighted by molar-refractivity contribution is 6.30. The van der Waals surface area contributed by atoms with Crippen LogP contribution >= 0.6 is 11.6 Å². The van der Waals surface area contributed by atoms with Crippen LogP contribution < -0.4 is 5.43 Å². The number of nitrogens with zero attached hydrogens (tertiary/aromatic N) is 1. The van der Waals surface area contributed by atoms with E-state index in [1.165, 1.54) is 5.56 Å². The lowest BCUT2D eigenvalue weighted by atomic mass is 10.1. The van der Waals surface area contributed by atoms with Crippen LogP contribution in [0.15, 0.2) is 53.6 Å². The maximum absolute atomic E-state index is 12.0. The third kappa shape index (κ3) is 4.17. The summed E-state index contributed by atoms with van der Waals surface area (Å²) in [5, 5.41) is 4.66. The van der Waals surface area contributed by atoms with Crippen molar-refractivity contribution in [2.45, 2.75) is 20.3 Å². The minimum Gasteiger partial charge on any atom is -0.267 e. The molecule has 0 spiro atoms. The molecule has 0 bridgehead atoms. The maximum Gasteiger partial charge on any atom is 0.271 e. The third-order valence-electron chi connectivity index (χ3n) is 3.19. The first-order valence-corrected chi connectivity index (χ1v) is 7.17. The zero-order chi connectivity index (χ0) is 15.2. The second-order valence-electron chi connectivity index (χ2n) is 4.70. The summed E-state index contributed by atoms with van der Waals surface area (Å²) in [6.45, 7) is 3.97. The van der Waals surface area contributed by atoms with E-state index in [-0.39, 0.29) is 5.91 Å². The Bertz CT molecular complexity index is 663. The Balaban J connectivity index is 2.07. The summed E-state index contributed by atoms with van der Waals surface area (Å²) in [4.78, 5) is 12.0. The van der Waals surface area contributed by atoms with Crippen LogP contribution in [0.3, 0.4) is 0 Å². The summed E-state index contributed by atoms with van der Waals surface area (Å²) in [5.74, 6) is -0.276. The van der Waals surface area contributed by atoms with Crippen LogP contribution in [-0.4, -0.2) is 11.6 Å². The van der Waals surface area contributed by atoms with Crippen LogP contribution in [0.2, 0.25) is 5.02 Å². The van der Waals surface area contributed by atoms with Crippen molar-refractivity contribution in [1.82, 2.24) is 5.43 Å². The molecule has 0 heterocycles. The van der Waals surface area contributed by atoms with Crippen LogP contribution in [0.4, 0.5) is 0 Å². The molecule has 108 valence electrons. The number of hydrogen-bond donors (Lipinski definition) is 1. The quantitative estimate of drug-likeness (QED) is 0.671. The highest BCUT2D eigenvalue weighted by Gasteiger charge is 2.05. The Morgan fingerprint density at radius 2 is 1.86 bits per heavy atom. The predicted molar refractivity (Wildman–Crippen MR) is 86.9 cm³/mol. The third-order valence-corrected chi connectivity index (χ3v) is 3.43. The summed E-state index contributed by atoms with van der Waals surface area (Å²) in [6.07, 6.45) is 1.00. The van der Waals surface area contributed by atoms with E-state index < -0.39 is 0 Å². The molecule has 3 nitrogen and oxygen atoms in total. The largest absolute Gasteiger partial charge is 0.271 e. The molecule has 2 aromatic carbocycles. The summed E-state index contributed by atoms with van der Waals surface area (Å²) < 4.78 is 0. The van der Waals surface area contributed by atoms with Crippen LogP contribution in [0, 0.1) is 0 Å². The van der Waals surface area contributed by atoms with E-state index in [1.54, 1.807) is 24.3 Å². The van der Waals surface area contributed by atoms with Crippen molar-refractivity contribution in [3.8, 4) is 0 Å². The highest BCUT2D eigenvalue weighted by Crippen LogP contribution is 2.10. The molecule has 0 aliphatic carbocycles. The summed E-state index contributed by atoms with van der Waals surface area (Å²) in [7, 11) is 0. The van der Waals surface area contributed by atoms with Gasteiger partial charge < -0.3 is 0 Å². The monoisotopic (exact) mass is 300 g/mol. The number of halogens is 1. The standard InChI is InChI=1S/C17H17ClN2O/c1-3-13-7-9-14(10-8-13)12(2)19-20-17(21)15-5-4-6-16(18)11-15/h4-11H,3H2,1-2H3,(H,20,21)/b19-12+. The van der Waals surface area contributed by atoms with Crippen molar-refractivity contribution in [1.29, 1.82) is 0 Å². The van der Waals surface area contributed by atoms with E-state index in [0.717, 1.165) is 17.7 Å². The van der Waals surface area contributed by atoms with Crippen molar-refractivity contribution >= 4 is 23.2 Å². The molecule has 0 saturated heterocycles. The zero-order valence-electron chi connectivity index (χ0n) is 12.1. The van der Waals surface area contributed by atoms with Gasteiger partial charge in [-0.1, -0.05) is 48.9 Å². The Morgan fingerprint density at radius 3 is 2.48 bits per heavy atom. The fourth-order valence-corrected chi connectivity index (χ4v) is 2.07. The molecule has 0 radical (unpaired) electrons. The minimum atomic E-state index is -0.276. The van der Waals surface area contributed by atoms with Crippen molar-refractivity contribution in [2.75, 3.05) is 0 Å². The number of hydrazone groups is 1. The van der Waals surface area contributed by atoms with Gasteiger partial charge in [-0.25, -0.2) is 5.43 Å². The van der Waals surface area contributed by atoms with E-state index in [9.17, 15) is 4.79 Å². The van der Waals surface area contributed by atoms with Gasteiger partial charge in [-0.3, -0.25) is 4.79 Å². The molecule has 0 unspecified atom stereocenters. The van der Waals surface area contributed by atoms with Gasteiger partial charge in [0.1, 0.15) is 0 Å². The predicted octanol–water partition coefficient (Wildman–Crippen LogP) is 4.06. The SMILES string of the molecule is CCc1ccc(/C(C)=N/NC(=O)c2cccc(Cl)c2)cc1. The van der Waals surface area contributed by atoms with E-state index in [1.807, 2.05) is 19.1 Å². The van der Waals surface area contributed by atoms with Gasteiger partial charge in [-0.05, 0) is 42.7 Å². The molecule has 0 aromatic heterocycles. The van der Waals surface area contributed by atoms with Gasteiger partial charge in [0.25, 0.3) is 5.91 Å². The summed E-state index contributed by atoms with van der Waals surface area (Å²) >= 11 is 5.86. The molecule has 21 heavy (non-hydrogen) atoms. The number of hydrogen-bond acceptors (Lipinski definition) is 2. The molecule has 4 heteroatoms. The van der Waals surface area contributed by atoms with Crippen molar-refractivity contribution in [2.24, 2.45) is 5.10 Å². The van der Waals surface area contributed by atoms with Gasteiger partial charge in [-0.15, -0.1) is 0 Å². The first-order chi connectivity index (χ1) is 10.1. The first kappa shape index (κ1) is 15.3. The summed E-state index contributed by atoms with van der Waals surface area (Å²) in [5.41, 5.74) is 6.04. The molecule has 0 fully saturated rings. The highest BCUT2D eigenvalue weighted by atomic mass is 35.5. The Labute approximate surface area is 129 Å². The van der Waals surface area contributed by atoms with E-state index in [0.29, 0.717) is 10.6 Å². The number of amides is 1. The number of rotatable bonds is 4. The molecule has 0 saturated carbocycles. The van der Waals surface area contributed by atoms with Gasteiger partial charge in [0.05, 0.1) is 5.71 Å². The molecule has 1 N–H and O–H groups in total. The smallest absolute Gasteiger partial charge is 0.267 e. The van der Waals surface area contributed by atoms with Gasteiger partial charge in [-0.2, -0.15) is 5.10 Å². The lowest BCUT2D eigenvalue weighted by Crippen LogP contribution is -2.19. The number of nitrogens with one attached hydrogen (secondary N) is 1. The topological polar surface area (TPSA) is 41.5 Å². The molecule has 0 aliphatic rings. The van der Waals surface area contributed by atoms with E-state index in [2.05, 4.69) is 29.6 Å². The first-order valence-electron chi connectivity index (χ1n) is 6.79. The minimum absolute atomic E-state index is 0.276. The molecular weight excluding hydrogens is 284 g/mol. The Hall–Kier alpha value is -2.13. The second-order valence-corrected chi connectivity index (χ2v) is 5.14. The number of aryl methyl sites for hydroxylation is 1. The van der Waals surface area contributed by atoms with Crippen LogP contribution in [-0.2, 0) is 6.42 Å². The van der Waals surface area contributed by atoms with Crippen LogP contribution in [0.25, 0.3) is 0 Å². The molecule has 2 aromatic rings. The Morgan fingerprint density at radius 1 is 1.14 bits per heavy atom. The number of benzene rings is 2. The van der Waals surface area contributed by atoms with E-state index in [4.69, 9.17) is 11.6 Å². The average Bonchev–Trinajstić information content (AvgIpc) is 2.52. The van der Waals surface area contributed by atoms with E-state index >= 15 is 0 Å². The number of carbonyl (C=O) groups is 1. The molecule has 1 amide bonds. The molecule has 0 atom stereocenters. The number of carbonyl (C=O) groups excluding carboxylic acids is 1. The lowest BCUT2D eigenvalue weighted by molar-refractivity contribution is 0.0955. The van der Waals surface area contributed by atoms with Gasteiger partial charge in [0.15, 0.2) is 0 Å². The molecular formula is C17H17ClN2O. The van der Waals surface area contributed by atoms with Gasteiger partial charge in [0, 0.05) is 10.6 Å². The normalized spacial score (nSPS) is 11.3. The Kier molecular flexibility index (Phi) is 5.12. The van der Waals surface area contributed by atoms with Crippen molar-refractivity contribution < 1.29 is 4.79 Å². The van der Waals surface area contributed by atoms with Crippen molar-refractivity contribution in [3.63, 3.8) is 0 Å². The fourth-order valence-electron chi connectivity index (χ4n) is 1.88.